The summed E-state index contributed by atoms with van der Waals surface area (Å²) < 4.78 is 24.5. The van der Waals surface area contributed by atoms with Gasteiger partial charge in [0.25, 0.3) is 0 Å². The monoisotopic (exact) mass is 279 g/mol. The Bertz CT molecular complexity index is 516. The summed E-state index contributed by atoms with van der Waals surface area (Å²) in [6, 6.07) is 4.31. The zero-order valence-electron chi connectivity index (χ0n) is 11.4. The van der Waals surface area contributed by atoms with Crippen molar-refractivity contribution in [2.75, 3.05) is 5.32 Å². The summed E-state index contributed by atoms with van der Waals surface area (Å²) in [6.45, 7) is 1.84. The minimum Gasteiger partial charge on any atom is -0.487 e. The first-order valence-electron chi connectivity index (χ1n) is 7.05. The lowest BCUT2D eigenvalue weighted by Crippen LogP contribution is -2.25. The van der Waals surface area contributed by atoms with Crippen LogP contribution in [0.4, 0.5) is 10.1 Å². The molecule has 1 aliphatic carbocycles. The third-order valence-electron chi connectivity index (χ3n) is 3.79. The van der Waals surface area contributed by atoms with E-state index in [-0.39, 0.29) is 23.9 Å². The van der Waals surface area contributed by atoms with Crippen LogP contribution in [0.3, 0.4) is 0 Å². The van der Waals surface area contributed by atoms with Crippen LogP contribution >= 0.6 is 0 Å². The standard InChI is InChI=1S/C15H18FNO3/c1-9-7-13(15(18)19-9)17-10-5-6-14(12(16)8-10)20-11-3-2-4-11/h5-6,8-9,11,13,17H,2-4,7H2,1H3/t9-,13+/m1/s1. The molecule has 1 N–H and O–H groups in total. The van der Waals surface area contributed by atoms with E-state index in [0.29, 0.717) is 12.1 Å². The molecule has 3 rings (SSSR count). The highest BCUT2D eigenvalue weighted by atomic mass is 19.1. The van der Waals surface area contributed by atoms with Crippen LogP contribution in [0.2, 0.25) is 0 Å². The Morgan fingerprint density at radius 1 is 1.40 bits per heavy atom. The molecule has 0 spiro atoms. The molecule has 2 fully saturated rings. The van der Waals surface area contributed by atoms with Crippen LogP contribution in [0.5, 0.6) is 5.75 Å². The van der Waals surface area contributed by atoms with Crippen LogP contribution in [0.25, 0.3) is 0 Å². The van der Waals surface area contributed by atoms with Crippen molar-refractivity contribution in [2.45, 2.75) is 50.9 Å². The molecule has 0 amide bonds. The number of anilines is 1. The number of hydrogen-bond acceptors (Lipinski definition) is 4. The fraction of sp³-hybridized carbons (Fsp3) is 0.533. The summed E-state index contributed by atoms with van der Waals surface area (Å²) in [5, 5.41) is 3.00. The van der Waals surface area contributed by atoms with Crippen molar-refractivity contribution >= 4 is 11.7 Å². The van der Waals surface area contributed by atoms with Gasteiger partial charge in [-0.25, -0.2) is 9.18 Å². The maximum Gasteiger partial charge on any atom is 0.328 e. The van der Waals surface area contributed by atoms with Gasteiger partial charge < -0.3 is 14.8 Å². The highest BCUT2D eigenvalue weighted by Crippen LogP contribution is 2.29. The van der Waals surface area contributed by atoms with Gasteiger partial charge in [0.15, 0.2) is 11.6 Å². The predicted octanol–water partition coefficient (Wildman–Crippen LogP) is 2.87. The summed E-state index contributed by atoms with van der Waals surface area (Å²) >= 11 is 0. The lowest BCUT2D eigenvalue weighted by atomic mass is 9.96. The third-order valence-corrected chi connectivity index (χ3v) is 3.79. The molecule has 108 valence electrons. The van der Waals surface area contributed by atoms with Gasteiger partial charge in [-0.15, -0.1) is 0 Å². The van der Waals surface area contributed by atoms with Gasteiger partial charge in [0.1, 0.15) is 12.1 Å². The number of nitrogens with one attached hydrogen (secondary N) is 1. The average molecular weight is 279 g/mol. The molecule has 2 aliphatic rings. The molecule has 0 radical (unpaired) electrons. The largest absolute Gasteiger partial charge is 0.487 e. The number of hydrogen-bond donors (Lipinski definition) is 1. The number of esters is 1. The first kappa shape index (κ1) is 13.2. The quantitative estimate of drug-likeness (QED) is 0.861. The van der Waals surface area contributed by atoms with Crippen molar-refractivity contribution in [3.63, 3.8) is 0 Å². The number of carbonyl (C=O) groups is 1. The molecule has 4 nitrogen and oxygen atoms in total. The Morgan fingerprint density at radius 3 is 2.75 bits per heavy atom. The zero-order valence-corrected chi connectivity index (χ0v) is 11.4. The lowest BCUT2D eigenvalue weighted by molar-refractivity contribution is -0.141. The van der Waals surface area contributed by atoms with Gasteiger partial charge >= 0.3 is 5.97 Å². The number of benzene rings is 1. The normalized spacial score (nSPS) is 26.0. The van der Waals surface area contributed by atoms with Crippen LogP contribution < -0.4 is 10.1 Å². The SMILES string of the molecule is C[C@@H]1C[C@H](Nc2ccc(OC3CCC3)c(F)c2)C(=O)O1. The minimum absolute atomic E-state index is 0.0916. The molecule has 2 atom stereocenters. The molecule has 5 heteroatoms. The lowest BCUT2D eigenvalue weighted by Gasteiger charge is -2.26. The Hall–Kier alpha value is -1.78. The van der Waals surface area contributed by atoms with E-state index >= 15 is 0 Å². The van der Waals surface area contributed by atoms with Crippen molar-refractivity contribution in [2.24, 2.45) is 0 Å². The van der Waals surface area contributed by atoms with Crippen LogP contribution in [0.15, 0.2) is 18.2 Å². The third kappa shape index (κ3) is 2.71. The van der Waals surface area contributed by atoms with E-state index in [0.717, 1.165) is 19.3 Å². The molecule has 0 unspecified atom stereocenters. The molecule has 20 heavy (non-hydrogen) atoms. The van der Waals surface area contributed by atoms with Crippen molar-refractivity contribution < 1.29 is 18.7 Å². The Labute approximate surface area is 117 Å². The molecular weight excluding hydrogens is 261 g/mol. The summed E-state index contributed by atoms with van der Waals surface area (Å²) in [5.74, 6) is -0.406. The first-order valence-corrected chi connectivity index (χ1v) is 7.05. The molecule has 1 aliphatic heterocycles. The molecule has 1 aromatic rings. The number of halogens is 1. The van der Waals surface area contributed by atoms with E-state index in [1.54, 1.807) is 12.1 Å². The first-order chi connectivity index (χ1) is 9.61. The molecular formula is C15H18FNO3. The maximum absolute atomic E-state index is 13.9. The van der Waals surface area contributed by atoms with Gasteiger partial charge in [-0.2, -0.15) is 0 Å². The van der Waals surface area contributed by atoms with Crippen molar-refractivity contribution in [1.82, 2.24) is 0 Å². The van der Waals surface area contributed by atoms with Gasteiger partial charge in [-0.3, -0.25) is 0 Å². The van der Waals surface area contributed by atoms with Crippen LogP contribution in [-0.2, 0) is 9.53 Å². The molecule has 1 saturated heterocycles. The van der Waals surface area contributed by atoms with Crippen molar-refractivity contribution in [1.29, 1.82) is 0 Å². The van der Waals surface area contributed by atoms with Crippen LogP contribution in [0.1, 0.15) is 32.6 Å². The Balaban J connectivity index is 1.65. The summed E-state index contributed by atoms with van der Waals surface area (Å²) in [6.07, 6.45) is 3.78. The summed E-state index contributed by atoms with van der Waals surface area (Å²) in [7, 11) is 0. The fourth-order valence-corrected chi connectivity index (χ4v) is 2.43. The second-order valence-corrected chi connectivity index (χ2v) is 5.50. The molecule has 0 aromatic heterocycles. The van der Waals surface area contributed by atoms with Gasteiger partial charge in [0.05, 0.1) is 6.10 Å². The van der Waals surface area contributed by atoms with E-state index in [9.17, 15) is 9.18 Å². The van der Waals surface area contributed by atoms with Crippen LogP contribution in [0, 0.1) is 5.82 Å². The second-order valence-electron chi connectivity index (χ2n) is 5.50. The predicted molar refractivity (Wildman–Crippen MR) is 72.2 cm³/mol. The van der Waals surface area contributed by atoms with Gasteiger partial charge in [-0.05, 0) is 38.3 Å². The number of ether oxygens (including phenoxy) is 2. The summed E-state index contributed by atoms with van der Waals surface area (Å²) in [5.41, 5.74) is 0.569. The average Bonchev–Trinajstić information content (AvgIpc) is 2.64. The topological polar surface area (TPSA) is 47.6 Å². The highest BCUT2D eigenvalue weighted by molar-refractivity contribution is 5.81. The van der Waals surface area contributed by atoms with Gasteiger partial charge in [0, 0.05) is 18.2 Å². The number of carbonyl (C=O) groups excluding carboxylic acids is 1. The van der Waals surface area contributed by atoms with Crippen molar-refractivity contribution in [3.05, 3.63) is 24.0 Å². The molecule has 1 saturated carbocycles. The van der Waals surface area contributed by atoms with E-state index < -0.39 is 11.9 Å². The highest BCUT2D eigenvalue weighted by Gasteiger charge is 2.31. The fourth-order valence-electron chi connectivity index (χ4n) is 2.43. The van der Waals surface area contributed by atoms with E-state index in [4.69, 9.17) is 9.47 Å². The Morgan fingerprint density at radius 2 is 2.20 bits per heavy atom. The van der Waals surface area contributed by atoms with Gasteiger partial charge in [0.2, 0.25) is 0 Å². The summed E-state index contributed by atoms with van der Waals surface area (Å²) in [4.78, 5) is 11.5. The molecule has 0 bridgehead atoms. The van der Waals surface area contributed by atoms with Gasteiger partial charge in [-0.1, -0.05) is 0 Å². The maximum atomic E-state index is 13.9. The molecule has 1 heterocycles. The zero-order chi connectivity index (χ0) is 14.1. The van der Waals surface area contributed by atoms with E-state index in [1.165, 1.54) is 6.07 Å². The van der Waals surface area contributed by atoms with Crippen LogP contribution in [-0.4, -0.2) is 24.2 Å². The second kappa shape index (κ2) is 5.31. The van der Waals surface area contributed by atoms with Crippen molar-refractivity contribution in [3.8, 4) is 5.75 Å². The Kier molecular flexibility index (Phi) is 3.51. The van der Waals surface area contributed by atoms with E-state index in [1.807, 2.05) is 6.92 Å². The number of cyclic esters (lactones) is 1. The molecule has 1 aromatic carbocycles. The smallest absolute Gasteiger partial charge is 0.328 e. The minimum atomic E-state index is -0.402. The van der Waals surface area contributed by atoms with E-state index in [2.05, 4.69) is 5.32 Å². The number of rotatable bonds is 4.